The van der Waals surface area contributed by atoms with Crippen LogP contribution in [0.4, 0.5) is 0 Å². The molecule has 0 spiro atoms. The molecule has 0 aliphatic carbocycles. The number of methoxy groups -OCH3 is 3. The van der Waals surface area contributed by atoms with Crippen LogP contribution in [-0.2, 0) is 4.79 Å². The number of carboxylic acids is 1. The van der Waals surface area contributed by atoms with Gasteiger partial charge >= 0.3 is 5.97 Å². The molecule has 0 heterocycles. The number of carbonyl (C=O) groups is 1. The summed E-state index contributed by atoms with van der Waals surface area (Å²) in [6.45, 7) is 0. The van der Waals surface area contributed by atoms with Crippen molar-refractivity contribution in [3.63, 3.8) is 0 Å². The minimum atomic E-state index is -1.04. The summed E-state index contributed by atoms with van der Waals surface area (Å²) in [5.74, 6) is -0.628. The van der Waals surface area contributed by atoms with E-state index in [2.05, 4.69) is 0 Å². The molecule has 0 radical (unpaired) electrons. The first-order valence-electron chi connectivity index (χ1n) is 5.48. The van der Waals surface area contributed by atoms with E-state index in [1.807, 2.05) is 6.07 Å². The number of hydrogen-bond acceptors (Lipinski definition) is 5. The Morgan fingerprint density at radius 1 is 1.26 bits per heavy atom. The molecule has 0 amide bonds. The lowest BCUT2D eigenvalue weighted by atomic mass is 9.96. The Hall–Kier alpha value is -2.42. The fourth-order valence-corrected chi connectivity index (χ4v) is 1.72. The molecule has 0 fully saturated rings. The van der Waals surface area contributed by atoms with Crippen LogP contribution in [0.2, 0.25) is 0 Å². The van der Waals surface area contributed by atoms with Gasteiger partial charge in [-0.1, -0.05) is 0 Å². The van der Waals surface area contributed by atoms with Crippen LogP contribution in [0.1, 0.15) is 17.9 Å². The Morgan fingerprint density at radius 3 is 2.11 bits per heavy atom. The van der Waals surface area contributed by atoms with E-state index in [0.29, 0.717) is 22.8 Å². The Morgan fingerprint density at radius 2 is 1.79 bits per heavy atom. The van der Waals surface area contributed by atoms with Crippen LogP contribution in [0, 0.1) is 11.3 Å². The first kappa shape index (κ1) is 14.6. The molecule has 1 unspecified atom stereocenters. The van der Waals surface area contributed by atoms with Crippen molar-refractivity contribution in [1.29, 1.82) is 5.26 Å². The van der Waals surface area contributed by atoms with E-state index in [4.69, 9.17) is 24.6 Å². The monoisotopic (exact) mass is 265 g/mol. The van der Waals surface area contributed by atoms with Gasteiger partial charge in [0.2, 0.25) is 5.75 Å². The van der Waals surface area contributed by atoms with Crippen molar-refractivity contribution in [2.45, 2.75) is 12.3 Å². The highest BCUT2D eigenvalue weighted by atomic mass is 16.5. The first-order valence-corrected chi connectivity index (χ1v) is 5.48. The smallest absolute Gasteiger partial charge is 0.305 e. The molecule has 1 N–H and O–H groups in total. The second kappa shape index (κ2) is 6.50. The van der Waals surface area contributed by atoms with E-state index in [0.717, 1.165) is 0 Å². The topological polar surface area (TPSA) is 88.8 Å². The maximum absolute atomic E-state index is 10.7. The van der Waals surface area contributed by atoms with Gasteiger partial charge < -0.3 is 19.3 Å². The molecule has 0 saturated heterocycles. The number of nitrogens with zero attached hydrogens (tertiary/aromatic N) is 1. The summed E-state index contributed by atoms with van der Waals surface area (Å²) >= 11 is 0. The van der Waals surface area contributed by atoms with Crippen LogP contribution in [0.15, 0.2) is 12.1 Å². The fourth-order valence-electron chi connectivity index (χ4n) is 1.72. The third-order valence-electron chi connectivity index (χ3n) is 2.62. The molecule has 0 bridgehead atoms. The Bertz CT molecular complexity index is 481. The summed E-state index contributed by atoms with van der Waals surface area (Å²) in [5, 5.41) is 17.8. The zero-order chi connectivity index (χ0) is 14.4. The molecule has 1 aromatic rings. The molecule has 1 atom stereocenters. The number of hydrogen-bond donors (Lipinski definition) is 1. The molecule has 19 heavy (non-hydrogen) atoms. The molecule has 0 aromatic heterocycles. The molecule has 6 nitrogen and oxygen atoms in total. The van der Waals surface area contributed by atoms with Gasteiger partial charge in [-0.25, -0.2) is 0 Å². The molecule has 1 aromatic carbocycles. The lowest BCUT2D eigenvalue weighted by Gasteiger charge is -2.15. The predicted molar refractivity (Wildman–Crippen MR) is 66.7 cm³/mol. The molecular formula is C13H15NO5. The number of ether oxygens (including phenoxy) is 3. The van der Waals surface area contributed by atoms with Crippen molar-refractivity contribution in [1.82, 2.24) is 0 Å². The van der Waals surface area contributed by atoms with Crippen molar-refractivity contribution in [3.05, 3.63) is 17.7 Å². The molecule has 6 heteroatoms. The van der Waals surface area contributed by atoms with E-state index < -0.39 is 11.9 Å². The zero-order valence-corrected chi connectivity index (χ0v) is 11.0. The van der Waals surface area contributed by atoms with Gasteiger partial charge in [-0.15, -0.1) is 0 Å². The highest BCUT2D eigenvalue weighted by Crippen LogP contribution is 2.40. The SMILES string of the molecule is COc1cc(C(C#N)CC(=O)O)cc(OC)c1OC. The minimum Gasteiger partial charge on any atom is -0.493 e. The molecule has 1 rings (SSSR count). The molecular weight excluding hydrogens is 250 g/mol. The van der Waals surface area contributed by atoms with Crippen LogP contribution in [-0.4, -0.2) is 32.4 Å². The van der Waals surface area contributed by atoms with Gasteiger partial charge in [-0.05, 0) is 17.7 Å². The summed E-state index contributed by atoms with van der Waals surface area (Å²) < 4.78 is 15.5. The van der Waals surface area contributed by atoms with Gasteiger partial charge in [0.1, 0.15) is 0 Å². The molecule has 0 saturated carbocycles. The van der Waals surface area contributed by atoms with E-state index >= 15 is 0 Å². The standard InChI is InChI=1S/C13H15NO5/c1-17-10-4-8(9(7-14)6-12(15)16)5-11(18-2)13(10)19-3/h4-5,9H,6H2,1-3H3,(H,15,16). The third-order valence-corrected chi connectivity index (χ3v) is 2.62. The highest BCUT2D eigenvalue weighted by Gasteiger charge is 2.20. The van der Waals surface area contributed by atoms with Gasteiger partial charge in [0, 0.05) is 0 Å². The lowest BCUT2D eigenvalue weighted by Crippen LogP contribution is -2.06. The summed E-state index contributed by atoms with van der Waals surface area (Å²) in [6.07, 6.45) is -0.283. The minimum absolute atomic E-state index is 0.283. The van der Waals surface area contributed by atoms with Gasteiger partial charge in [0.25, 0.3) is 0 Å². The maximum Gasteiger partial charge on any atom is 0.305 e. The van der Waals surface area contributed by atoms with Crippen molar-refractivity contribution >= 4 is 5.97 Å². The molecule has 0 aliphatic rings. The number of rotatable bonds is 6. The lowest BCUT2D eigenvalue weighted by molar-refractivity contribution is -0.137. The summed E-state index contributed by atoms with van der Waals surface area (Å²) in [5.41, 5.74) is 0.513. The molecule has 102 valence electrons. The van der Waals surface area contributed by atoms with Gasteiger partial charge in [0.05, 0.1) is 39.7 Å². The first-order chi connectivity index (χ1) is 9.07. The van der Waals surface area contributed by atoms with Gasteiger partial charge in [0.15, 0.2) is 11.5 Å². The Balaban J connectivity index is 3.29. The fraction of sp³-hybridized carbons (Fsp3) is 0.385. The average molecular weight is 265 g/mol. The van der Waals surface area contributed by atoms with Crippen molar-refractivity contribution in [3.8, 4) is 23.3 Å². The quantitative estimate of drug-likeness (QED) is 0.843. The number of carboxylic acid groups (broad SMARTS) is 1. The normalized spacial score (nSPS) is 11.3. The molecule has 0 aliphatic heterocycles. The van der Waals surface area contributed by atoms with E-state index in [-0.39, 0.29) is 6.42 Å². The van der Waals surface area contributed by atoms with Gasteiger partial charge in [-0.2, -0.15) is 5.26 Å². The van der Waals surface area contributed by atoms with Crippen LogP contribution < -0.4 is 14.2 Å². The van der Waals surface area contributed by atoms with Crippen LogP contribution in [0.3, 0.4) is 0 Å². The van der Waals surface area contributed by atoms with Crippen molar-refractivity contribution < 1.29 is 24.1 Å². The Kier molecular flexibility index (Phi) is 5.01. The summed E-state index contributed by atoms with van der Waals surface area (Å²) in [6, 6.07) is 5.12. The maximum atomic E-state index is 10.7. The second-order valence-electron chi connectivity index (χ2n) is 3.74. The average Bonchev–Trinajstić information content (AvgIpc) is 2.42. The predicted octanol–water partition coefficient (Wildman–Crippen LogP) is 1.79. The zero-order valence-electron chi connectivity index (χ0n) is 11.0. The number of benzene rings is 1. The van der Waals surface area contributed by atoms with E-state index in [9.17, 15) is 4.79 Å². The summed E-state index contributed by atoms with van der Waals surface area (Å²) in [7, 11) is 4.39. The Labute approximate surface area is 111 Å². The number of nitriles is 1. The highest BCUT2D eigenvalue weighted by molar-refractivity contribution is 5.69. The van der Waals surface area contributed by atoms with Crippen LogP contribution in [0.25, 0.3) is 0 Å². The third kappa shape index (κ3) is 3.28. The van der Waals surface area contributed by atoms with Crippen LogP contribution in [0.5, 0.6) is 17.2 Å². The number of aliphatic carboxylic acids is 1. The van der Waals surface area contributed by atoms with Crippen molar-refractivity contribution in [2.24, 2.45) is 0 Å². The van der Waals surface area contributed by atoms with Crippen LogP contribution >= 0.6 is 0 Å². The van der Waals surface area contributed by atoms with E-state index in [1.54, 1.807) is 12.1 Å². The van der Waals surface area contributed by atoms with E-state index in [1.165, 1.54) is 21.3 Å². The van der Waals surface area contributed by atoms with Gasteiger partial charge in [-0.3, -0.25) is 4.79 Å². The largest absolute Gasteiger partial charge is 0.493 e. The van der Waals surface area contributed by atoms with Crippen molar-refractivity contribution in [2.75, 3.05) is 21.3 Å². The second-order valence-corrected chi connectivity index (χ2v) is 3.74. The summed E-state index contributed by atoms with van der Waals surface area (Å²) in [4.78, 5) is 10.7.